The number of allylic oxidation sites excluding steroid dienone is 1. The first-order valence-electron chi connectivity index (χ1n) is 31.4. The van der Waals surface area contributed by atoms with E-state index in [1.54, 1.807) is 31.3 Å². The summed E-state index contributed by atoms with van der Waals surface area (Å²) >= 11 is 38.6. The average Bonchev–Trinajstić information content (AvgIpc) is 1.46. The first kappa shape index (κ1) is 73.7. The maximum absolute atomic E-state index is 11.9. The molecule has 0 atom stereocenters. The second kappa shape index (κ2) is 34.0. The highest BCUT2D eigenvalue weighted by Crippen LogP contribution is 2.44. The Hall–Kier alpha value is -7.49. The molecule has 0 spiro atoms. The third-order valence-corrected chi connectivity index (χ3v) is 20.6. The van der Waals surface area contributed by atoms with Crippen molar-refractivity contribution >= 4 is 229 Å². The normalized spacial score (nSPS) is 13.7. The number of nitrogens with zero attached hydrogens (tertiary/aromatic N) is 11. The second-order valence-electron chi connectivity index (χ2n) is 22.9. The van der Waals surface area contributed by atoms with Crippen molar-refractivity contribution in [3.8, 4) is 51.0 Å². The lowest BCUT2D eigenvalue weighted by atomic mass is 10.0. The monoisotopic (exact) mass is 1660 g/mol. The highest BCUT2D eigenvalue weighted by Gasteiger charge is 2.27. The molecule has 0 aliphatic carbocycles. The van der Waals surface area contributed by atoms with E-state index >= 15 is 0 Å². The van der Waals surface area contributed by atoms with Crippen molar-refractivity contribution in [3.05, 3.63) is 180 Å². The molecule has 0 saturated carbocycles. The van der Waals surface area contributed by atoms with E-state index in [2.05, 4.69) is 113 Å². The Labute approximate surface area is 635 Å². The van der Waals surface area contributed by atoms with Gasteiger partial charge >= 0.3 is 3.18 Å². The molecule has 17 nitrogen and oxygen atoms in total. The fourth-order valence-corrected chi connectivity index (χ4v) is 15.4. The molecule has 3 aliphatic heterocycles. The van der Waals surface area contributed by atoms with Gasteiger partial charge in [-0.2, -0.15) is 13.1 Å². The number of hydrogen-bond donors (Lipinski definition) is 1. The molecule has 1 N–H and O–H groups in total. The van der Waals surface area contributed by atoms with Crippen LogP contribution in [0.3, 0.4) is 0 Å². The quantitative estimate of drug-likeness (QED) is 0.0732. The minimum Gasteiger partial charge on any atom is -0.508 e. The number of amides is 2. The summed E-state index contributed by atoms with van der Waals surface area (Å²) in [6.07, 6.45) is 7.53. The first-order valence-corrected chi connectivity index (χ1v) is 38.0. The Bertz CT molecular complexity index is 5050. The maximum Gasteiger partial charge on any atom is 0.369 e. The van der Waals surface area contributed by atoms with Gasteiger partial charge in [-0.15, -0.1) is 47.3 Å². The number of carbonyl (C=O) groups excluding carboxylic acids is 3. The molecule has 0 unspecified atom stereocenters. The third kappa shape index (κ3) is 17.0. The zero-order chi connectivity index (χ0) is 70.7. The van der Waals surface area contributed by atoms with Crippen LogP contribution in [-0.4, -0.2) is 143 Å². The van der Waals surface area contributed by atoms with E-state index in [-0.39, 0.29) is 20.7 Å². The van der Waals surface area contributed by atoms with Crippen LogP contribution >= 0.6 is 128 Å². The number of piperidine rings is 1. The molecule has 0 radical (unpaired) electrons. The Morgan fingerprint density at radius 2 is 0.790 bits per heavy atom. The molecule has 3 saturated heterocycles. The number of benzene rings is 6. The van der Waals surface area contributed by atoms with E-state index in [4.69, 9.17) is 70.8 Å². The highest BCUT2D eigenvalue weighted by atomic mass is 79.9. The number of halogens is 7. The zero-order valence-electron chi connectivity index (χ0n) is 54.0. The Balaban J connectivity index is 0.000000142. The molecule has 100 heavy (non-hydrogen) atoms. The van der Waals surface area contributed by atoms with E-state index in [1.165, 1.54) is 71.0 Å². The highest BCUT2D eigenvalue weighted by molar-refractivity contribution is 9.69. The molecule has 15 rings (SSSR count). The van der Waals surface area contributed by atoms with Gasteiger partial charge in [-0.25, -0.2) is 15.0 Å². The number of hydrogen-bond acceptors (Lipinski definition) is 18. The number of aromatic nitrogens is 6. The predicted molar refractivity (Wildman–Crippen MR) is 429 cm³/mol. The number of carbonyl (C=O) groups is 3. The Morgan fingerprint density at radius 3 is 1.12 bits per heavy atom. The number of aromatic hydroxyl groups is 1. The van der Waals surface area contributed by atoms with Crippen LogP contribution in [0, 0.1) is 0 Å². The van der Waals surface area contributed by atoms with Crippen LogP contribution in [0.2, 0.25) is 15.1 Å². The summed E-state index contributed by atoms with van der Waals surface area (Å²) in [7, 11) is 3.33. The van der Waals surface area contributed by atoms with Crippen LogP contribution < -0.4 is 24.2 Å². The van der Waals surface area contributed by atoms with E-state index in [1.807, 2.05) is 102 Å². The van der Waals surface area contributed by atoms with Crippen molar-refractivity contribution in [3.63, 3.8) is 0 Å². The molecule has 3 aliphatic rings. The van der Waals surface area contributed by atoms with Crippen molar-refractivity contribution in [2.24, 2.45) is 0 Å². The summed E-state index contributed by atoms with van der Waals surface area (Å²) in [6, 6.07) is 41.4. The van der Waals surface area contributed by atoms with E-state index in [9.17, 15) is 19.5 Å². The van der Waals surface area contributed by atoms with Gasteiger partial charge in [0.1, 0.15) is 32.3 Å². The van der Waals surface area contributed by atoms with Gasteiger partial charge in [0.05, 0.1) is 62.5 Å². The smallest absolute Gasteiger partial charge is 0.369 e. The number of pyridine rings is 3. The van der Waals surface area contributed by atoms with Gasteiger partial charge in [-0.05, 0) is 171 Å². The number of phenolic OH excluding ortho intramolecular Hbond substituents is 1. The lowest BCUT2D eigenvalue weighted by molar-refractivity contribution is -0.127. The molecular formula is C72H63BBr3Cl4N11O6S3. The number of methoxy groups -OCH3 is 2. The third-order valence-electron chi connectivity index (χ3n) is 16.9. The molecule has 28 heteroatoms. The van der Waals surface area contributed by atoms with Crippen LogP contribution in [-0.2, 0) is 14.4 Å². The SMILES string of the molecule is BrB(Br)Br.C=CC(=O)Cl.C=CC(=O)N1CCN(c2snc3nc(-c4cc(O)cc5ccccc45)c(Cl)cc23)CC1.C=CC(=O)N1CCN(c2snc3nc(-c4cc(OC)cc5ccccc45)c(Cl)cc23)CC1.COc1cc(-c2nc3nsc(N4CCCCC4)c3cc2Cl)c2ccccc2c1. The van der Waals surface area contributed by atoms with E-state index < -0.39 is 5.24 Å². The van der Waals surface area contributed by atoms with Crippen molar-refractivity contribution in [2.75, 3.05) is 94.4 Å². The van der Waals surface area contributed by atoms with Gasteiger partial charge in [0, 0.05) is 82.1 Å². The second-order valence-corrected chi connectivity index (χ2v) is 33.2. The molecule has 6 aromatic heterocycles. The van der Waals surface area contributed by atoms with E-state index in [0.29, 0.717) is 77.0 Å². The molecule has 12 aromatic rings. The van der Waals surface area contributed by atoms with Crippen LogP contribution in [0.15, 0.2) is 165 Å². The fourth-order valence-electron chi connectivity index (χ4n) is 12.1. The minimum absolute atomic E-state index is 0.0290. The number of rotatable bonds is 11. The molecule has 512 valence electrons. The number of piperazine rings is 2. The number of anilines is 3. The summed E-state index contributed by atoms with van der Waals surface area (Å²) < 4.78 is 25.1. The van der Waals surface area contributed by atoms with Gasteiger partial charge in [0.2, 0.25) is 17.1 Å². The topological polar surface area (TPSA) is 183 Å². The van der Waals surface area contributed by atoms with Gasteiger partial charge in [0.25, 0.3) is 0 Å². The average molecular weight is 1670 g/mol. The fraction of sp³-hybridized carbons (Fsp3) is 0.208. The van der Waals surface area contributed by atoms with Gasteiger partial charge in [0.15, 0.2) is 16.9 Å². The Kier molecular flexibility index (Phi) is 25.1. The van der Waals surface area contributed by atoms with Crippen molar-refractivity contribution in [1.82, 2.24) is 37.9 Å². The van der Waals surface area contributed by atoms with Crippen molar-refractivity contribution < 1.29 is 29.0 Å². The standard InChI is InChI=1S/C24H21ClN4O2S.C23H19ClN4O2S.C22H20ClN3OS.C3H3ClO.BBr3/c1-3-21(30)28-8-10-29(11-9-28)24-19-14-20(25)22(26-23(19)27-32-24)18-13-16(31-2)12-15-6-4-5-7-17(15)18;1-2-20(30)27-7-9-28(10-8-27)23-18-13-19(24)21(25-22(18)26-31-23)17-12-15(29)11-14-5-3-4-6-16(14)17;1-27-15-11-14-7-3-4-8-16(14)17(12-15)20-19(23)13-18-21(24-20)25-28-22(18)26-9-5-2-6-10-26;1-2-3(4)5;2-1(3)4/h3-7,12-14H,1,8-11H2,2H3;2-6,11-13,29H,1,7-10H2;3-4,7-8,11-13H,2,5-6,9-10H2,1H3;2H,1H2;. The number of fused-ring (bicyclic) bond motifs is 6. The summed E-state index contributed by atoms with van der Waals surface area (Å²) in [6.45, 7) is 17.9. The number of ether oxygens (including phenoxy) is 2. The molecule has 2 amide bonds. The van der Waals surface area contributed by atoms with Crippen LogP contribution in [0.4, 0.5) is 15.0 Å². The molecule has 0 bridgehead atoms. The van der Waals surface area contributed by atoms with Crippen molar-refractivity contribution in [2.45, 2.75) is 19.3 Å². The molecular weight excluding hydrogens is 1600 g/mol. The summed E-state index contributed by atoms with van der Waals surface area (Å²) in [5, 5.41) is 23.7. The molecule has 3 fully saturated rings. The molecule has 6 aromatic carbocycles. The summed E-state index contributed by atoms with van der Waals surface area (Å²) in [5.41, 5.74) is 6.74. The largest absolute Gasteiger partial charge is 0.508 e. The van der Waals surface area contributed by atoms with Crippen LogP contribution in [0.5, 0.6) is 17.2 Å². The van der Waals surface area contributed by atoms with E-state index in [0.717, 1.165) is 130 Å². The number of phenols is 1. The van der Waals surface area contributed by atoms with Gasteiger partial charge < -0.3 is 39.1 Å². The maximum atomic E-state index is 11.9. The predicted octanol–water partition coefficient (Wildman–Crippen LogP) is 19.0. The zero-order valence-corrected chi connectivity index (χ0v) is 64.3. The van der Waals surface area contributed by atoms with Gasteiger partial charge in [-0.3, -0.25) is 14.4 Å². The lowest BCUT2D eigenvalue weighted by Crippen LogP contribution is -2.48. The summed E-state index contributed by atoms with van der Waals surface area (Å²) in [5.74, 6) is 1.64. The lowest BCUT2D eigenvalue weighted by Gasteiger charge is -2.34. The van der Waals surface area contributed by atoms with Crippen molar-refractivity contribution in [1.29, 1.82) is 0 Å². The Morgan fingerprint density at radius 1 is 0.470 bits per heavy atom. The minimum atomic E-state index is -0.509. The summed E-state index contributed by atoms with van der Waals surface area (Å²) in [4.78, 5) is 58.1. The van der Waals surface area contributed by atoms with Gasteiger partial charge in [-0.1, -0.05) is 127 Å². The molecule has 9 heterocycles. The first-order chi connectivity index (χ1) is 48.4. The van der Waals surface area contributed by atoms with Crippen LogP contribution in [0.1, 0.15) is 19.3 Å². The van der Waals surface area contributed by atoms with Crippen LogP contribution in [0.25, 0.3) is 99.2 Å².